The number of unbranched alkanes of at least 4 members (excludes halogenated alkanes) is 2. The first-order chi connectivity index (χ1) is 26.3. The second-order valence-corrected chi connectivity index (χ2v) is 16.2. The van der Waals surface area contributed by atoms with Gasteiger partial charge in [-0.2, -0.15) is 0 Å². The highest BCUT2D eigenvalue weighted by molar-refractivity contribution is 6.03. The first-order valence-corrected chi connectivity index (χ1v) is 19.8. The molecular weight excluding hydrogens is 702 g/mol. The summed E-state index contributed by atoms with van der Waals surface area (Å²) in [5.74, 6) is -1.63. The summed E-state index contributed by atoms with van der Waals surface area (Å²) in [6, 6.07) is 14.9. The molecule has 0 radical (unpaired) electrons. The van der Waals surface area contributed by atoms with Gasteiger partial charge in [0, 0.05) is 56.0 Å². The Morgan fingerprint density at radius 1 is 0.873 bits per heavy atom. The van der Waals surface area contributed by atoms with Crippen molar-refractivity contribution in [2.24, 2.45) is 17.6 Å². The number of amides is 4. The van der Waals surface area contributed by atoms with Crippen molar-refractivity contribution in [1.29, 1.82) is 0 Å². The summed E-state index contributed by atoms with van der Waals surface area (Å²) in [6.07, 6.45) is 7.50. The standard InChI is InChI=1S/C42H57N5O8/c1-42(2,3)45-40(52)34-25-31-14-9-10-15-32(31)26-46(34)27-35(33(43)24-28-12-6-4-7-13-28)54-38(50)16-8-5-11-23-44-39(51)29-17-19-30(20-18-29)41(53)55-47-36(48)21-22-37(47)49/h4,6-7,12-13,17-20,31-35H,5,8-11,14-16,21-27,43H2,1-3H3,(H,44,51)(H,45,52)/t31-,32+,33-,34-,35+/m0/s1. The van der Waals surface area contributed by atoms with Gasteiger partial charge in [0.25, 0.3) is 17.7 Å². The highest BCUT2D eigenvalue weighted by atomic mass is 16.7. The smallest absolute Gasteiger partial charge is 0.363 e. The van der Waals surface area contributed by atoms with Crippen LogP contribution in [0.25, 0.3) is 0 Å². The fourth-order valence-electron chi connectivity index (χ4n) is 7.79. The molecule has 3 fully saturated rings. The molecule has 2 aromatic rings. The Morgan fingerprint density at radius 2 is 1.53 bits per heavy atom. The summed E-state index contributed by atoms with van der Waals surface area (Å²) in [5.41, 5.74) is 7.93. The lowest BCUT2D eigenvalue weighted by atomic mass is 9.72. The Morgan fingerprint density at radius 3 is 2.20 bits per heavy atom. The molecule has 5 rings (SSSR count). The molecule has 1 aliphatic carbocycles. The topological polar surface area (TPSA) is 177 Å². The molecule has 2 heterocycles. The monoisotopic (exact) mass is 759 g/mol. The van der Waals surface area contributed by atoms with Gasteiger partial charge in [-0.1, -0.05) is 56.0 Å². The van der Waals surface area contributed by atoms with Crippen molar-refractivity contribution in [2.75, 3.05) is 19.6 Å². The summed E-state index contributed by atoms with van der Waals surface area (Å²) in [6.45, 7) is 7.52. The molecule has 3 aliphatic rings. The number of hydrogen-bond acceptors (Lipinski definition) is 10. The summed E-state index contributed by atoms with van der Waals surface area (Å²) < 4.78 is 6.15. The van der Waals surface area contributed by atoms with Crippen LogP contribution in [0.4, 0.5) is 0 Å². The van der Waals surface area contributed by atoms with E-state index in [2.05, 4.69) is 15.5 Å². The van der Waals surface area contributed by atoms with E-state index >= 15 is 0 Å². The van der Waals surface area contributed by atoms with Gasteiger partial charge < -0.3 is 25.9 Å². The molecule has 2 saturated heterocycles. The Hall–Kier alpha value is -4.62. The summed E-state index contributed by atoms with van der Waals surface area (Å²) in [4.78, 5) is 82.6. The number of ether oxygens (including phenoxy) is 1. The van der Waals surface area contributed by atoms with Crippen molar-refractivity contribution < 1.29 is 38.3 Å². The van der Waals surface area contributed by atoms with Crippen LogP contribution >= 0.6 is 0 Å². The molecule has 1 saturated carbocycles. The van der Waals surface area contributed by atoms with E-state index in [0.29, 0.717) is 61.2 Å². The van der Waals surface area contributed by atoms with Gasteiger partial charge in [0.15, 0.2) is 0 Å². The number of carbonyl (C=O) groups is 6. The molecule has 5 atom stereocenters. The zero-order chi connectivity index (χ0) is 39.5. The third-order valence-corrected chi connectivity index (χ3v) is 10.7. The number of rotatable bonds is 16. The van der Waals surface area contributed by atoms with Gasteiger partial charge in [0.1, 0.15) is 6.10 Å². The predicted molar refractivity (Wildman–Crippen MR) is 205 cm³/mol. The molecule has 55 heavy (non-hydrogen) atoms. The van der Waals surface area contributed by atoms with Crippen molar-refractivity contribution in [3.05, 3.63) is 71.3 Å². The summed E-state index contributed by atoms with van der Waals surface area (Å²) >= 11 is 0. The van der Waals surface area contributed by atoms with E-state index in [4.69, 9.17) is 15.3 Å². The first kappa shape index (κ1) is 41.5. The van der Waals surface area contributed by atoms with Gasteiger partial charge in [-0.05, 0) is 94.5 Å². The fourth-order valence-corrected chi connectivity index (χ4v) is 7.79. The number of benzene rings is 2. The average Bonchev–Trinajstić information content (AvgIpc) is 3.47. The predicted octanol–water partition coefficient (Wildman–Crippen LogP) is 4.47. The van der Waals surface area contributed by atoms with Crippen LogP contribution in [-0.2, 0) is 35.2 Å². The van der Waals surface area contributed by atoms with Gasteiger partial charge >= 0.3 is 11.9 Å². The number of imide groups is 1. The minimum absolute atomic E-state index is 0.0000424. The minimum Gasteiger partial charge on any atom is -0.459 e. The number of piperidine rings is 1. The maximum absolute atomic E-state index is 13.7. The van der Waals surface area contributed by atoms with E-state index in [0.717, 1.165) is 31.4 Å². The Labute approximate surface area is 324 Å². The number of nitrogens with one attached hydrogen (secondary N) is 2. The second-order valence-electron chi connectivity index (χ2n) is 16.2. The SMILES string of the molecule is CC(C)(C)NC(=O)[C@@H]1C[C@@H]2CCCC[C@@H]2CN1C[C@@H](OC(=O)CCCCCNC(=O)c1ccc(C(=O)ON2C(=O)CCC2=O)cc1)[C@@H](N)Cc1ccccc1. The summed E-state index contributed by atoms with van der Waals surface area (Å²) in [5, 5.41) is 6.52. The number of nitrogens with two attached hydrogens (primary N) is 1. The molecule has 0 aromatic heterocycles. The minimum atomic E-state index is -0.865. The molecule has 0 bridgehead atoms. The molecule has 4 amide bonds. The van der Waals surface area contributed by atoms with Crippen molar-refractivity contribution in [3.8, 4) is 0 Å². The second kappa shape index (κ2) is 19.3. The average molecular weight is 760 g/mol. The quantitative estimate of drug-likeness (QED) is 0.126. The normalized spacial score (nSPS) is 21.3. The zero-order valence-corrected chi connectivity index (χ0v) is 32.4. The van der Waals surface area contributed by atoms with Crippen molar-refractivity contribution in [3.63, 3.8) is 0 Å². The highest BCUT2D eigenvalue weighted by Gasteiger charge is 2.42. The molecule has 0 spiro atoms. The number of likely N-dealkylation sites (tertiary alicyclic amines) is 1. The van der Waals surface area contributed by atoms with E-state index in [-0.39, 0.29) is 54.2 Å². The Balaban J connectivity index is 1.11. The first-order valence-electron chi connectivity index (χ1n) is 19.8. The highest BCUT2D eigenvalue weighted by Crippen LogP contribution is 2.39. The summed E-state index contributed by atoms with van der Waals surface area (Å²) in [7, 11) is 0. The largest absolute Gasteiger partial charge is 0.459 e. The molecule has 298 valence electrons. The van der Waals surface area contributed by atoms with Gasteiger partial charge in [0.2, 0.25) is 5.91 Å². The lowest BCUT2D eigenvalue weighted by Gasteiger charge is -2.47. The zero-order valence-electron chi connectivity index (χ0n) is 32.4. The molecule has 2 aliphatic heterocycles. The maximum Gasteiger partial charge on any atom is 0.363 e. The molecule has 13 nitrogen and oxygen atoms in total. The Bertz CT molecular complexity index is 1640. The van der Waals surface area contributed by atoms with Crippen LogP contribution in [0.1, 0.15) is 118 Å². The van der Waals surface area contributed by atoms with Gasteiger partial charge in [0.05, 0.1) is 11.6 Å². The number of carbonyl (C=O) groups excluding carboxylic acids is 6. The number of nitrogens with zero attached hydrogens (tertiary/aromatic N) is 2. The third kappa shape index (κ3) is 12.2. The van der Waals surface area contributed by atoms with Gasteiger partial charge in [-0.25, -0.2) is 4.79 Å². The van der Waals surface area contributed by atoms with Crippen LogP contribution in [0, 0.1) is 11.8 Å². The molecular formula is C42H57N5O8. The number of hydroxylamine groups is 2. The Kier molecular flexibility index (Phi) is 14.6. The van der Waals surface area contributed by atoms with Crippen LogP contribution in [0.5, 0.6) is 0 Å². The number of hydrogen-bond donors (Lipinski definition) is 3. The van der Waals surface area contributed by atoms with E-state index in [9.17, 15) is 28.8 Å². The lowest BCUT2D eigenvalue weighted by Crippen LogP contribution is -2.60. The van der Waals surface area contributed by atoms with Crippen LogP contribution in [0.2, 0.25) is 0 Å². The van der Waals surface area contributed by atoms with E-state index < -0.39 is 29.9 Å². The maximum atomic E-state index is 13.7. The van der Waals surface area contributed by atoms with Crippen molar-refractivity contribution in [2.45, 2.75) is 122 Å². The molecule has 4 N–H and O–H groups in total. The molecule has 0 unspecified atom stereocenters. The fraction of sp³-hybridized carbons (Fsp3) is 0.571. The van der Waals surface area contributed by atoms with Crippen LogP contribution < -0.4 is 16.4 Å². The van der Waals surface area contributed by atoms with Gasteiger partial charge in [-0.3, -0.25) is 28.9 Å². The van der Waals surface area contributed by atoms with Crippen LogP contribution in [0.15, 0.2) is 54.6 Å². The van der Waals surface area contributed by atoms with Crippen LogP contribution in [-0.4, -0.2) is 88.9 Å². The number of fused-ring (bicyclic) bond motifs is 1. The van der Waals surface area contributed by atoms with E-state index in [1.165, 1.54) is 37.1 Å². The van der Waals surface area contributed by atoms with Crippen molar-refractivity contribution >= 4 is 35.6 Å². The van der Waals surface area contributed by atoms with E-state index in [1.807, 2.05) is 51.1 Å². The third-order valence-electron chi connectivity index (χ3n) is 10.7. The van der Waals surface area contributed by atoms with Crippen molar-refractivity contribution in [1.82, 2.24) is 20.6 Å². The van der Waals surface area contributed by atoms with Crippen LogP contribution in [0.3, 0.4) is 0 Å². The molecule has 2 aromatic carbocycles. The molecule has 13 heteroatoms. The van der Waals surface area contributed by atoms with E-state index in [1.54, 1.807) is 0 Å². The lowest BCUT2D eigenvalue weighted by molar-refractivity contribution is -0.172. The number of esters is 1. The van der Waals surface area contributed by atoms with Gasteiger partial charge in [-0.15, -0.1) is 5.06 Å².